The van der Waals surface area contributed by atoms with Crippen LogP contribution in [0.4, 0.5) is 10.3 Å². The Morgan fingerprint density at radius 2 is 1.84 bits per heavy atom. The van der Waals surface area contributed by atoms with E-state index in [9.17, 15) is 17.6 Å². The number of halogens is 1. The van der Waals surface area contributed by atoms with Crippen molar-refractivity contribution in [2.45, 2.75) is 58.0 Å². The van der Waals surface area contributed by atoms with Crippen LogP contribution in [0.2, 0.25) is 0 Å². The van der Waals surface area contributed by atoms with Gasteiger partial charge in [-0.05, 0) is 44.0 Å². The third-order valence-electron chi connectivity index (χ3n) is 5.95. The van der Waals surface area contributed by atoms with Gasteiger partial charge in [0.05, 0.1) is 23.7 Å². The van der Waals surface area contributed by atoms with Crippen molar-refractivity contribution in [1.82, 2.24) is 20.1 Å². The number of aromatic amines is 1. The summed E-state index contributed by atoms with van der Waals surface area (Å²) in [7, 11) is -2.25. The molecule has 0 spiro atoms. The summed E-state index contributed by atoms with van der Waals surface area (Å²) in [6, 6.07) is 5.78. The fraction of sp³-hybridized carbons (Fsp3) is 0.440. The molecule has 3 aromatic rings. The third-order valence-corrected chi connectivity index (χ3v) is 7.11. The number of anilines is 1. The van der Waals surface area contributed by atoms with Crippen LogP contribution in [0.1, 0.15) is 63.2 Å². The smallest absolute Gasteiger partial charge is 0.343 e. The molecule has 0 bridgehead atoms. The predicted octanol–water partition coefficient (Wildman–Crippen LogP) is 3.77. The molecule has 1 fully saturated rings. The molecule has 0 aliphatic carbocycles. The van der Waals surface area contributed by atoms with Gasteiger partial charge in [-0.15, -0.1) is 0 Å². The number of sulfonamides is 1. The maximum atomic E-state index is 13.7. The third kappa shape index (κ3) is 6.17. The van der Waals surface area contributed by atoms with Gasteiger partial charge in [-0.3, -0.25) is 0 Å². The summed E-state index contributed by atoms with van der Waals surface area (Å²) in [5, 5.41) is 2.49. The molecule has 38 heavy (non-hydrogen) atoms. The summed E-state index contributed by atoms with van der Waals surface area (Å²) < 4.78 is 55.9. The summed E-state index contributed by atoms with van der Waals surface area (Å²) in [6.07, 6.45) is 4.01. The van der Waals surface area contributed by atoms with Gasteiger partial charge in [0.15, 0.2) is 11.6 Å². The average molecular weight is 548 g/mol. The number of rotatable bonds is 7. The van der Waals surface area contributed by atoms with Gasteiger partial charge in [-0.2, -0.15) is 10.1 Å². The number of hydrogen-bond acceptors (Lipinski definition) is 9. The highest BCUT2D eigenvalue weighted by atomic mass is 32.2. The number of benzene rings is 1. The number of ether oxygens (including phenoxy) is 2. The Labute approximate surface area is 219 Å². The number of nitrogens with one attached hydrogen (secondary N) is 1. The average Bonchev–Trinajstić information content (AvgIpc) is 3.27. The highest BCUT2D eigenvalue weighted by Gasteiger charge is 2.37. The van der Waals surface area contributed by atoms with E-state index in [1.54, 1.807) is 26.0 Å². The van der Waals surface area contributed by atoms with Crippen LogP contribution in [-0.2, 0) is 19.5 Å². The molecule has 2 atom stereocenters. The molecule has 3 heterocycles. The summed E-state index contributed by atoms with van der Waals surface area (Å²) in [4.78, 5) is 24.4. The Balaban J connectivity index is 1.80. The van der Waals surface area contributed by atoms with E-state index in [0.717, 1.165) is 10.6 Å². The Hall–Kier alpha value is -3.42. The van der Waals surface area contributed by atoms with Gasteiger partial charge in [0.25, 0.3) is 0 Å². The molecule has 0 radical (unpaired) electrons. The molecule has 1 aromatic carbocycles. The van der Waals surface area contributed by atoms with Crippen LogP contribution in [0, 0.1) is 5.82 Å². The lowest BCUT2D eigenvalue weighted by Gasteiger charge is -2.38. The molecule has 1 saturated heterocycles. The van der Waals surface area contributed by atoms with Crippen molar-refractivity contribution in [3.8, 4) is 11.3 Å². The minimum absolute atomic E-state index is 0.00572. The highest BCUT2D eigenvalue weighted by molar-refractivity contribution is 7.92. The lowest BCUT2D eigenvalue weighted by atomic mass is 9.97. The van der Waals surface area contributed by atoms with Crippen LogP contribution < -0.4 is 10.1 Å². The van der Waals surface area contributed by atoms with Gasteiger partial charge >= 0.3 is 5.76 Å². The van der Waals surface area contributed by atoms with Crippen molar-refractivity contribution in [2.75, 3.05) is 17.6 Å². The van der Waals surface area contributed by atoms with Gasteiger partial charge in [0.1, 0.15) is 11.9 Å². The van der Waals surface area contributed by atoms with Crippen LogP contribution in [0.25, 0.3) is 17.3 Å². The Morgan fingerprint density at radius 3 is 2.42 bits per heavy atom. The van der Waals surface area contributed by atoms with Gasteiger partial charge in [-0.25, -0.2) is 31.9 Å². The first-order chi connectivity index (χ1) is 17.7. The fourth-order valence-electron chi connectivity index (χ4n) is 4.10. The summed E-state index contributed by atoms with van der Waals surface area (Å²) in [5.41, 5.74) is 2.26. The number of nitrogens with zero attached hydrogens (tertiary/aromatic N) is 4. The van der Waals surface area contributed by atoms with Crippen molar-refractivity contribution in [2.24, 2.45) is 0 Å². The zero-order valence-electron chi connectivity index (χ0n) is 21.9. The summed E-state index contributed by atoms with van der Waals surface area (Å²) in [6.45, 7) is 7.37. The maximum Gasteiger partial charge on any atom is 0.459 e. The Morgan fingerprint density at radius 1 is 1.16 bits per heavy atom. The van der Waals surface area contributed by atoms with Crippen molar-refractivity contribution < 1.29 is 26.8 Å². The van der Waals surface area contributed by atoms with Crippen molar-refractivity contribution in [1.29, 1.82) is 0 Å². The van der Waals surface area contributed by atoms with Gasteiger partial charge in [0, 0.05) is 24.6 Å². The van der Waals surface area contributed by atoms with Crippen molar-refractivity contribution >= 4 is 22.0 Å². The zero-order valence-corrected chi connectivity index (χ0v) is 22.7. The van der Waals surface area contributed by atoms with Crippen molar-refractivity contribution in [3.05, 3.63) is 63.8 Å². The van der Waals surface area contributed by atoms with Crippen LogP contribution in [0.15, 0.2) is 39.7 Å². The fourth-order valence-corrected chi connectivity index (χ4v) is 4.48. The zero-order chi connectivity index (χ0) is 27.8. The standard InChI is InChI=1S/C25H30FN5O6S/c1-14(2)20-18(12-11-17-13-19(36-25(3,4)35-17)22-29-24(32)37-30-22)21(15-7-9-16(26)10-8-15)28-23(27-20)31(5)38(6,33)34/h7-12,14,17,19H,13H2,1-6H3,(H,29,30,32)/b12-11+/t17-,19-/m1/s1. The first-order valence-electron chi connectivity index (χ1n) is 11.9. The minimum atomic E-state index is -3.63. The summed E-state index contributed by atoms with van der Waals surface area (Å²) in [5.74, 6) is -1.99. The second kappa shape index (κ2) is 10.4. The molecule has 2 aromatic heterocycles. The van der Waals surface area contributed by atoms with E-state index in [0.29, 0.717) is 28.9 Å². The van der Waals surface area contributed by atoms with E-state index >= 15 is 0 Å². The Kier molecular flexibility index (Phi) is 7.55. The Bertz CT molecular complexity index is 1500. The van der Waals surface area contributed by atoms with Crippen LogP contribution in [-0.4, -0.2) is 53.7 Å². The lowest BCUT2D eigenvalue weighted by Crippen LogP contribution is -2.40. The SMILES string of the molecule is CC(C)c1nc(N(C)S(C)(=O)=O)nc(-c2ccc(F)cc2)c1/C=C/[C@@H]1C[C@H](c2nc(=O)o[nH]2)OC(C)(C)O1. The second-order valence-corrected chi connectivity index (χ2v) is 11.8. The molecular formula is C25H30FN5O6S. The number of aromatic nitrogens is 4. The van der Waals surface area contributed by atoms with Crippen LogP contribution in [0.5, 0.6) is 0 Å². The van der Waals surface area contributed by atoms with Crippen molar-refractivity contribution in [3.63, 3.8) is 0 Å². The van der Waals surface area contributed by atoms with E-state index in [-0.39, 0.29) is 17.7 Å². The van der Waals surface area contributed by atoms with E-state index < -0.39 is 39.6 Å². The monoisotopic (exact) mass is 547 g/mol. The first-order valence-corrected chi connectivity index (χ1v) is 13.8. The van der Waals surface area contributed by atoms with Crippen LogP contribution >= 0.6 is 0 Å². The molecule has 11 nitrogen and oxygen atoms in total. The van der Waals surface area contributed by atoms with Gasteiger partial charge in [0.2, 0.25) is 16.0 Å². The molecular weight excluding hydrogens is 517 g/mol. The van der Waals surface area contributed by atoms with Gasteiger partial charge < -0.3 is 14.0 Å². The molecule has 0 saturated carbocycles. The van der Waals surface area contributed by atoms with Gasteiger partial charge in [-0.1, -0.05) is 26.0 Å². The predicted molar refractivity (Wildman–Crippen MR) is 138 cm³/mol. The quantitative estimate of drug-likeness (QED) is 0.468. The molecule has 1 aliphatic rings. The van der Waals surface area contributed by atoms with E-state index in [4.69, 9.17) is 14.0 Å². The topological polar surface area (TPSA) is 141 Å². The largest absolute Gasteiger partial charge is 0.459 e. The number of H-pyrrole nitrogens is 1. The van der Waals surface area contributed by atoms with Crippen LogP contribution in [0.3, 0.4) is 0 Å². The molecule has 0 unspecified atom stereocenters. The number of hydrogen-bond donors (Lipinski definition) is 1. The van der Waals surface area contributed by atoms with E-state index in [1.165, 1.54) is 19.2 Å². The molecule has 1 aliphatic heterocycles. The van der Waals surface area contributed by atoms with E-state index in [1.807, 2.05) is 26.0 Å². The molecule has 0 amide bonds. The summed E-state index contributed by atoms with van der Waals surface area (Å²) >= 11 is 0. The maximum absolute atomic E-state index is 13.7. The normalized spacial score (nSPS) is 19.8. The highest BCUT2D eigenvalue weighted by Crippen LogP contribution is 2.36. The first kappa shape index (κ1) is 27.6. The second-order valence-electron chi connectivity index (χ2n) is 9.79. The molecule has 13 heteroatoms. The minimum Gasteiger partial charge on any atom is -0.343 e. The lowest BCUT2D eigenvalue weighted by molar-refractivity contribution is -0.294. The molecule has 4 rings (SSSR count). The molecule has 204 valence electrons. The van der Waals surface area contributed by atoms with E-state index in [2.05, 4.69) is 20.1 Å². The molecule has 1 N–H and O–H groups in total.